The van der Waals surface area contributed by atoms with Gasteiger partial charge in [0.1, 0.15) is 5.82 Å². The maximum Gasteiger partial charge on any atom is 0.326 e. The molecule has 0 radical (unpaired) electrons. The summed E-state index contributed by atoms with van der Waals surface area (Å²) in [7, 11) is 0. The minimum Gasteiger partial charge on any atom is -0.370 e. The topological polar surface area (TPSA) is 121 Å². The van der Waals surface area contributed by atoms with Gasteiger partial charge in [-0.25, -0.2) is 9.78 Å². The third-order valence-corrected chi connectivity index (χ3v) is 3.97. The summed E-state index contributed by atoms with van der Waals surface area (Å²) >= 11 is 0. The van der Waals surface area contributed by atoms with Crippen molar-refractivity contribution in [3.8, 4) is 0 Å². The average molecular weight is 393 g/mol. The zero-order valence-corrected chi connectivity index (χ0v) is 16.3. The van der Waals surface area contributed by atoms with Crippen LogP contribution < -0.4 is 21.3 Å². The van der Waals surface area contributed by atoms with Crippen LogP contribution in [0.25, 0.3) is 10.9 Å². The molecule has 0 unspecified atom stereocenters. The summed E-state index contributed by atoms with van der Waals surface area (Å²) in [5.74, 6) is 0.754. The zero-order valence-electron chi connectivity index (χ0n) is 16.3. The largest absolute Gasteiger partial charge is 0.370 e. The zero-order chi connectivity index (χ0) is 20.6. The lowest BCUT2D eigenvalue weighted by Gasteiger charge is -2.10. The number of nitrogens with zero attached hydrogens (tertiary/aromatic N) is 3. The molecule has 29 heavy (non-hydrogen) atoms. The number of aryl methyl sites for hydroxylation is 1. The van der Waals surface area contributed by atoms with Crippen LogP contribution in [-0.2, 0) is 4.79 Å². The highest BCUT2D eigenvalue weighted by Crippen LogP contribution is 2.17. The van der Waals surface area contributed by atoms with Crippen molar-refractivity contribution in [2.24, 2.45) is 0 Å². The van der Waals surface area contributed by atoms with Crippen molar-refractivity contribution in [3.63, 3.8) is 0 Å². The lowest BCUT2D eigenvalue weighted by Crippen LogP contribution is -2.23. The summed E-state index contributed by atoms with van der Waals surface area (Å²) < 4.78 is 0. The minimum absolute atomic E-state index is 0.0527. The summed E-state index contributed by atoms with van der Waals surface area (Å²) in [6.07, 6.45) is 2.48. The predicted octanol–water partition coefficient (Wildman–Crippen LogP) is 2.92. The number of urea groups is 1. The molecule has 0 saturated carbocycles. The van der Waals surface area contributed by atoms with E-state index in [-0.39, 0.29) is 11.9 Å². The standard InChI is InChI=1S/C20H23N7O2/c1-13-11-18(23-10-4-9-21-14(2)28)26-19(24-13)27-20(29)25-16-6-7-17-15(12-16)5-3-8-22-17/h3,5-8,11-12H,4,9-10H2,1-2H3,(H,21,28)(H3,23,24,25,26,27,29). The van der Waals surface area contributed by atoms with Crippen LogP contribution in [0.2, 0.25) is 0 Å². The number of pyridine rings is 1. The Labute approximate surface area is 168 Å². The van der Waals surface area contributed by atoms with Gasteiger partial charge in [-0.3, -0.25) is 15.1 Å². The average Bonchev–Trinajstić information content (AvgIpc) is 2.67. The van der Waals surface area contributed by atoms with Crippen LogP contribution in [0.15, 0.2) is 42.6 Å². The molecule has 3 amide bonds. The second-order valence-corrected chi connectivity index (χ2v) is 6.47. The number of hydrogen-bond donors (Lipinski definition) is 4. The molecule has 0 bridgehead atoms. The first kappa shape index (κ1) is 20.0. The molecule has 0 aliphatic heterocycles. The van der Waals surface area contributed by atoms with Crippen molar-refractivity contribution in [1.82, 2.24) is 20.3 Å². The summed E-state index contributed by atoms with van der Waals surface area (Å²) in [6, 6.07) is 10.6. The predicted molar refractivity (Wildman–Crippen MR) is 113 cm³/mol. The first-order valence-electron chi connectivity index (χ1n) is 9.26. The normalized spacial score (nSPS) is 10.4. The van der Waals surface area contributed by atoms with Gasteiger partial charge >= 0.3 is 6.03 Å². The van der Waals surface area contributed by atoms with Crippen molar-refractivity contribution < 1.29 is 9.59 Å². The van der Waals surface area contributed by atoms with Gasteiger partial charge in [-0.05, 0) is 37.6 Å². The molecule has 9 heteroatoms. The van der Waals surface area contributed by atoms with E-state index in [0.717, 1.165) is 23.0 Å². The maximum absolute atomic E-state index is 12.3. The van der Waals surface area contributed by atoms with Gasteiger partial charge in [0, 0.05) is 49.0 Å². The van der Waals surface area contributed by atoms with E-state index < -0.39 is 6.03 Å². The fourth-order valence-electron chi connectivity index (χ4n) is 2.70. The Kier molecular flexibility index (Phi) is 6.51. The van der Waals surface area contributed by atoms with Crippen LogP contribution >= 0.6 is 0 Å². The van der Waals surface area contributed by atoms with Crippen molar-refractivity contribution in [2.45, 2.75) is 20.3 Å². The molecule has 2 heterocycles. The summed E-state index contributed by atoms with van der Waals surface area (Å²) in [6.45, 7) is 4.53. The highest BCUT2D eigenvalue weighted by molar-refractivity contribution is 6.00. The molecule has 150 valence electrons. The van der Waals surface area contributed by atoms with Gasteiger partial charge < -0.3 is 16.0 Å². The molecule has 1 aromatic carbocycles. The third-order valence-electron chi connectivity index (χ3n) is 3.97. The molecule has 3 aromatic rings. The highest BCUT2D eigenvalue weighted by Gasteiger charge is 2.08. The van der Waals surface area contributed by atoms with Crippen molar-refractivity contribution >= 4 is 40.3 Å². The van der Waals surface area contributed by atoms with Gasteiger partial charge in [-0.2, -0.15) is 4.98 Å². The van der Waals surface area contributed by atoms with Gasteiger partial charge in [0.15, 0.2) is 0 Å². The summed E-state index contributed by atoms with van der Waals surface area (Å²) in [4.78, 5) is 36.0. The Balaban J connectivity index is 1.57. The minimum atomic E-state index is -0.435. The Morgan fingerprint density at radius 1 is 1.03 bits per heavy atom. The van der Waals surface area contributed by atoms with E-state index in [2.05, 4.69) is 36.2 Å². The Morgan fingerprint density at radius 3 is 2.72 bits per heavy atom. The van der Waals surface area contributed by atoms with Crippen LogP contribution in [0.3, 0.4) is 0 Å². The van der Waals surface area contributed by atoms with Gasteiger partial charge in [0.05, 0.1) is 5.52 Å². The molecule has 4 N–H and O–H groups in total. The molecule has 0 aliphatic carbocycles. The molecule has 0 aliphatic rings. The van der Waals surface area contributed by atoms with Gasteiger partial charge in [0.2, 0.25) is 11.9 Å². The van der Waals surface area contributed by atoms with Crippen molar-refractivity contribution in [3.05, 3.63) is 48.3 Å². The number of benzene rings is 1. The molecule has 0 spiro atoms. The maximum atomic E-state index is 12.3. The number of carbonyl (C=O) groups is 2. The van der Waals surface area contributed by atoms with E-state index in [4.69, 9.17) is 0 Å². The fourth-order valence-corrected chi connectivity index (χ4v) is 2.70. The van der Waals surface area contributed by atoms with Crippen LogP contribution in [0.4, 0.5) is 22.2 Å². The molecular formula is C20H23N7O2. The van der Waals surface area contributed by atoms with Crippen LogP contribution in [0.5, 0.6) is 0 Å². The number of amides is 3. The Bertz CT molecular complexity index is 1020. The number of aromatic nitrogens is 3. The molecule has 0 saturated heterocycles. The molecule has 0 atom stereocenters. The van der Waals surface area contributed by atoms with Crippen LogP contribution in [0, 0.1) is 6.92 Å². The quantitative estimate of drug-likeness (QED) is 0.458. The molecule has 9 nitrogen and oxygen atoms in total. The van der Waals surface area contributed by atoms with Crippen LogP contribution in [-0.4, -0.2) is 40.0 Å². The Hall–Kier alpha value is -3.75. The lowest BCUT2D eigenvalue weighted by atomic mass is 10.2. The molecule has 0 fully saturated rings. The summed E-state index contributed by atoms with van der Waals surface area (Å²) in [5, 5.41) is 12.3. The molecular weight excluding hydrogens is 370 g/mol. The van der Waals surface area contributed by atoms with Gasteiger partial charge in [-0.1, -0.05) is 6.07 Å². The number of fused-ring (bicyclic) bond motifs is 1. The van der Waals surface area contributed by atoms with Crippen molar-refractivity contribution in [1.29, 1.82) is 0 Å². The first-order valence-corrected chi connectivity index (χ1v) is 9.26. The monoisotopic (exact) mass is 393 g/mol. The fraction of sp³-hybridized carbons (Fsp3) is 0.250. The lowest BCUT2D eigenvalue weighted by molar-refractivity contribution is -0.118. The van der Waals surface area contributed by atoms with E-state index in [1.54, 1.807) is 18.3 Å². The number of nitrogens with one attached hydrogen (secondary N) is 4. The Morgan fingerprint density at radius 2 is 1.90 bits per heavy atom. The van der Waals surface area contributed by atoms with E-state index >= 15 is 0 Å². The molecule has 2 aromatic heterocycles. The first-order chi connectivity index (χ1) is 14.0. The van der Waals surface area contributed by atoms with Crippen molar-refractivity contribution in [2.75, 3.05) is 29.0 Å². The van der Waals surface area contributed by atoms with E-state index in [9.17, 15) is 9.59 Å². The van der Waals surface area contributed by atoms with Gasteiger partial charge in [0.25, 0.3) is 0 Å². The van der Waals surface area contributed by atoms with Crippen LogP contribution in [0.1, 0.15) is 19.0 Å². The number of anilines is 3. The second-order valence-electron chi connectivity index (χ2n) is 6.47. The third kappa shape index (κ3) is 6.13. The smallest absolute Gasteiger partial charge is 0.326 e. The SMILES string of the molecule is CC(=O)NCCCNc1cc(C)nc(NC(=O)Nc2ccc3ncccc3c2)n1. The highest BCUT2D eigenvalue weighted by atomic mass is 16.2. The van der Waals surface area contributed by atoms with E-state index in [1.165, 1.54) is 6.92 Å². The number of hydrogen-bond acceptors (Lipinski definition) is 6. The molecule has 3 rings (SSSR count). The van der Waals surface area contributed by atoms with Gasteiger partial charge in [-0.15, -0.1) is 0 Å². The van der Waals surface area contributed by atoms with E-state index in [0.29, 0.717) is 24.6 Å². The number of rotatable bonds is 7. The second kappa shape index (κ2) is 9.45. The number of carbonyl (C=O) groups excluding carboxylic acids is 2. The summed E-state index contributed by atoms with van der Waals surface area (Å²) in [5.41, 5.74) is 2.22. The van der Waals surface area contributed by atoms with E-state index in [1.807, 2.05) is 31.2 Å².